The van der Waals surface area contributed by atoms with Gasteiger partial charge in [0, 0.05) is 5.69 Å². The number of hydrogen-bond donors (Lipinski definition) is 2. The van der Waals surface area contributed by atoms with E-state index in [1.54, 1.807) is 0 Å². The normalized spacial score (nSPS) is 10.4. The van der Waals surface area contributed by atoms with Crippen molar-refractivity contribution in [1.29, 1.82) is 0 Å². The van der Waals surface area contributed by atoms with Gasteiger partial charge in [-0.05, 0) is 38.0 Å². The summed E-state index contributed by atoms with van der Waals surface area (Å²) < 4.78 is 0. The highest BCUT2D eigenvalue weighted by Crippen LogP contribution is 2.16. The van der Waals surface area contributed by atoms with Crippen LogP contribution in [0.4, 0.5) is 5.69 Å². The third-order valence-electron chi connectivity index (χ3n) is 2.62. The topological polar surface area (TPSA) is 40.7 Å². The molecule has 0 aliphatic rings. The van der Waals surface area contributed by atoms with Gasteiger partial charge in [-0.3, -0.25) is 0 Å². The van der Waals surface area contributed by atoms with Gasteiger partial charge >= 0.3 is 0 Å². The molecule has 0 bridgehead atoms. The van der Waals surface area contributed by atoms with Gasteiger partial charge in [0.2, 0.25) is 0 Å². The minimum atomic E-state index is 0.783. The summed E-state index contributed by atoms with van der Waals surface area (Å²) in [6.07, 6.45) is 1.87. The van der Waals surface area contributed by atoms with Gasteiger partial charge in [-0.2, -0.15) is 0 Å². The molecule has 0 aliphatic heterocycles. The number of aromatic nitrogens is 2. The summed E-state index contributed by atoms with van der Waals surface area (Å²) in [5.74, 6) is 0.956. The Morgan fingerprint density at radius 1 is 1.25 bits per heavy atom. The fraction of sp³-hybridized carbons (Fsp3) is 0.308. The maximum atomic E-state index is 4.17. The van der Waals surface area contributed by atoms with Crippen molar-refractivity contribution in [3.8, 4) is 0 Å². The number of H-pyrrole nitrogens is 1. The summed E-state index contributed by atoms with van der Waals surface area (Å²) >= 11 is 0. The maximum Gasteiger partial charge on any atom is 0.103 e. The lowest BCUT2D eigenvalue weighted by Crippen LogP contribution is -2.01. The van der Waals surface area contributed by atoms with Crippen LogP contribution in [0.2, 0.25) is 0 Å². The molecule has 0 spiro atoms. The quantitative estimate of drug-likeness (QED) is 0.826. The highest BCUT2D eigenvalue weighted by atomic mass is 15.0. The number of anilines is 1. The van der Waals surface area contributed by atoms with Crippen LogP contribution >= 0.6 is 0 Å². The van der Waals surface area contributed by atoms with Crippen molar-refractivity contribution in [3.05, 3.63) is 47.0 Å². The van der Waals surface area contributed by atoms with Crippen molar-refractivity contribution in [2.24, 2.45) is 0 Å². The average Bonchev–Trinajstić information content (AvgIpc) is 2.66. The van der Waals surface area contributed by atoms with E-state index in [1.807, 2.05) is 13.1 Å². The van der Waals surface area contributed by atoms with Crippen LogP contribution in [0.15, 0.2) is 24.4 Å². The lowest BCUT2D eigenvalue weighted by atomic mass is 10.1. The van der Waals surface area contributed by atoms with Gasteiger partial charge in [-0.15, -0.1) is 0 Å². The Morgan fingerprint density at radius 3 is 2.75 bits per heavy atom. The predicted molar refractivity (Wildman–Crippen MR) is 66.6 cm³/mol. The number of imidazole rings is 1. The van der Waals surface area contributed by atoms with Crippen LogP contribution in [0.1, 0.15) is 22.6 Å². The minimum Gasteiger partial charge on any atom is -0.379 e. The molecule has 2 N–H and O–H groups in total. The van der Waals surface area contributed by atoms with Crippen LogP contribution in [0, 0.1) is 20.8 Å². The van der Waals surface area contributed by atoms with Gasteiger partial charge in [-0.1, -0.05) is 12.1 Å². The zero-order valence-electron chi connectivity index (χ0n) is 9.96. The first-order chi connectivity index (χ1) is 7.65. The molecular weight excluding hydrogens is 198 g/mol. The summed E-state index contributed by atoms with van der Waals surface area (Å²) in [5, 5.41) is 3.41. The third-order valence-corrected chi connectivity index (χ3v) is 2.62. The zero-order chi connectivity index (χ0) is 11.5. The first kappa shape index (κ1) is 10.7. The molecule has 3 nitrogen and oxygen atoms in total. The van der Waals surface area contributed by atoms with E-state index < -0.39 is 0 Å². The molecule has 84 valence electrons. The van der Waals surface area contributed by atoms with E-state index in [0.717, 1.165) is 18.1 Å². The van der Waals surface area contributed by atoms with Crippen LogP contribution in [0.5, 0.6) is 0 Å². The van der Waals surface area contributed by atoms with Crippen molar-refractivity contribution in [2.45, 2.75) is 27.3 Å². The fourth-order valence-electron chi connectivity index (χ4n) is 1.68. The Kier molecular flexibility index (Phi) is 2.95. The molecule has 1 aromatic carbocycles. The average molecular weight is 215 g/mol. The molecule has 0 aliphatic carbocycles. The first-order valence-electron chi connectivity index (χ1n) is 5.47. The van der Waals surface area contributed by atoms with Gasteiger partial charge in [0.25, 0.3) is 0 Å². The molecule has 1 heterocycles. The Labute approximate surface area is 95.9 Å². The standard InChI is InChI=1S/C13H17N3/c1-9-4-5-10(2)13(6-9)15-8-12-7-14-11(3)16-12/h4-7,15H,8H2,1-3H3,(H,14,16). The Hall–Kier alpha value is -1.77. The maximum absolute atomic E-state index is 4.17. The third kappa shape index (κ3) is 2.42. The van der Waals surface area contributed by atoms with Crippen molar-refractivity contribution in [2.75, 3.05) is 5.32 Å². The van der Waals surface area contributed by atoms with Crippen LogP contribution in [-0.4, -0.2) is 9.97 Å². The molecule has 1 aromatic heterocycles. The highest BCUT2D eigenvalue weighted by molar-refractivity contribution is 5.52. The number of hydrogen-bond acceptors (Lipinski definition) is 2. The summed E-state index contributed by atoms with van der Waals surface area (Å²) in [7, 11) is 0. The summed E-state index contributed by atoms with van der Waals surface area (Å²) in [4.78, 5) is 7.38. The monoisotopic (exact) mass is 215 g/mol. The molecule has 0 saturated heterocycles. The molecule has 2 aromatic rings. The lowest BCUT2D eigenvalue weighted by molar-refractivity contribution is 1.04. The van der Waals surface area contributed by atoms with E-state index in [4.69, 9.17) is 0 Å². The van der Waals surface area contributed by atoms with Crippen molar-refractivity contribution in [3.63, 3.8) is 0 Å². The van der Waals surface area contributed by atoms with Gasteiger partial charge in [-0.25, -0.2) is 4.98 Å². The van der Waals surface area contributed by atoms with Gasteiger partial charge < -0.3 is 10.3 Å². The number of benzene rings is 1. The van der Waals surface area contributed by atoms with E-state index in [9.17, 15) is 0 Å². The fourth-order valence-corrected chi connectivity index (χ4v) is 1.68. The second kappa shape index (κ2) is 4.39. The van der Waals surface area contributed by atoms with Crippen LogP contribution < -0.4 is 5.32 Å². The second-order valence-corrected chi connectivity index (χ2v) is 4.17. The Morgan fingerprint density at radius 2 is 2.06 bits per heavy atom. The molecular formula is C13H17N3. The predicted octanol–water partition coefficient (Wildman–Crippen LogP) is 2.95. The number of nitrogens with zero attached hydrogens (tertiary/aromatic N) is 1. The van der Waals surface area contributed by atoms with Gasteiger partial charge in [0.05, 0.1) is 18.4 Å². The number of nitrogens with one attached hydrogen (secondary N) is 2. The first-order valence-corrected chi connectivity index (χ1v) is 5.47. The second-order valence-electron chi connectivity index (χ2n) is 4.17. The lowest BCUT2D eigenvalue weighted by Gasteiger charge is -2.09. The molecule has 16 heavy (non-hydrogen) atoms. The molecule has 0 saturated carbocycles. The molecule has 0 fully saturated rings. The van der Waals surface area contributed by atoms with Crippen molar-refractivity contribution >= 4 is 5.69 Å². The number of rotatable bonds is 3. The Balaban J connectivity index is 2.07. The summed E-state index contributed by atoms with van der Waals surface area (Å²) in [6.45, 7) is 6.96. The molecule has 0 amide bonds. The molecule has 0 radical (unpaired) electrons. The van der Waals surface area contributed by atoms with E-state index >= 15 is 0 Å². The molecule has 3 heteroatoms. The number of aryl methyl sites for hydroxylation is 3. The summed E-state index contributed by atoms with van der Waals surface area (Å²) in [6, 6.07) is 6.43. The van der Waals surface area contributed by atoms with Gasteiger partial charge in [0.1, 0.15) is 5.82 Å². The molecule has 2 rings (SSSR count). The largest absolute Gasteiger partial charge is 0.379 e. The van der Waals surface area contributed by atoms with Crippen LogP contribution in [-0.2, 0) is 6.54 Å². The Bertz CT molecular complexity index is 486. The van der Waals surface area contributed by atoms with Crippen molar-refractivity contribution in [1.82, 2.24) is 9.97 Å². The highest BCUT2D eigenvalue weighted by Gasteiger charge is 2.00. The van der Waals surface area contributed by atoms with E-state index in [2.05, 4.69) is 47.3 Å². The van der Waals surface area contributed by atoms with E-state index in [1.165, 1.54) is 16.8 Å². The van der Waals surface area contributed by atoms with Crippen LogP contribution in [0.3, 0.4) is 0 Å². The van der Waals surface area contributed by atoms with Gasteiger partial charge in [0.15, 0.2) is 0 Å². The smallest absolute Gasteiger partial charge is 0.103 e. The number of aromatic amines is 1. The SMILES string of the molecule is Cc1ccc(C)c(NCc2cnc(C)[nH]2)c1. The van der Waals surface area contributed by atoms with Crippen molar-refractivity contribution < 1.29 is 0 Å². The van der Waals surface area contributed by atoms with E-state index in [0.29, 0.717) is 0 Å². The van der Waals surface area contributed by atoms with Crippen LogP contribution in [0.25, 0.3) is 0 Å². The molecule has 0 atom stereocenters. The zero-order valence-corrected chi connectivity index (χ0v) is 9.96. The molecule has 0 unspecified atom stereocenters. The minimum absolute atomic E-state index is 0.783. The van der Waals surface area contributed by atoms with E-state index in [-0.39, 0.29) is 0 Å². The summed E-state index contributed by atoms with van der Waals surface area (Å²) in [5.41, 5.74) is 4.83.